The molecule has 106 valence electrons. The molecule has 0 fully saturated rings. The highest BCUT2D eigenvalue weighted by Gasteiger charge is 2.12. The number of aromatic nitrogens is 1. The first-order chi connectivity index (χ1) is 10.0. The summed E-state index contributed by atoms with van der Waals surface area (Å²) in [5.74, 6) is 1.01. The minimum atomic E-state index is 0.418. The minimum Gasteiger partial charge on any atom is -0.453 e. The second-order valence-corrected chi connectivity index (χ2v) is 6.14. The first-order valence-electron chi connectivity index (χ1n) is 6.01. The van der Waals surface area contributed by atoms with Gasteiger partial charge in [-0.3, -0.25) is 4.98 Å². The van der Waals surface area contributed by atoms with E-state index in [1.165, 1.54) is 0 Å². The van der Waals surface area contributed by atoms with E-state index in [-0.39, 0.29) is 0 Å². The zero-order valence-electron chi connectivity index (χ0n) is 10.6. The van der Waals surface area contributed by atoms with Crippen LogP contribution in [-0.4, -0.2) is 4.98 Å². The van der Waals surface area contributed by atoms with Gasteiger partial charge in [0.15, 0.2) is 5.75 Å². The lowest BCUT2D eigenvalue weighted by molar-refractivity contribution is 0.490. The van der Waals surface area contributed by atoms with Crippen LogP contribution in [0.15, 0.2) is 47.1 Å². The van der Waals surface area contributed by atoms with Crippen molar-refractivity contribution >= 4 is 55.7 Å². The van der Waals surface area contributed by atoms with Crippen molar-refractivity contribution in [2.75, 3.05) is 5.73 Å². The molecular formula is C15H9BrCl2N2O. The predicted molar refractivity (Wildman–Crippen MR) is 90.4 cm³/mol. The minimum absolute atomic E-state index is 0.418. The van der Waals surface area contributed by atoms with Gasteiger partial charge in [-0.25, -0.2) is 0 Å². The molecule has 0 saturated heterocycles. The van der Waals surface area contributed by atoms with Crippen molar-refractivity contribution in [3.8, 4) is 11.5 Å². The summed E-state index contributed by atoms with van der Waals surface area (Å²) in [6.07, 6.45) is 1.56. The van der Waals surface area contributed by atoms with Gasteiger partial charge in [-0.2, -0.15) is 0 Å². The maximum Gasteiger partial charge on any atom is 0.161 e. The van der Waals surface area contributed by atoms with Gasteiger partial charge in [-0.05, 0) is 36.4 Å². The molecule has 3 rings (SSSR count). The van der Waals surface area contributed by atoms with Crippen molar-refractivity contribution in [1.29, 1.82) is 0 Å². The summed E-state index contributed by atoms with van der Waals surface area (Å²) in [4.78, 5) is 4.28. The highest BCUT2D eigenvalue weighted by molar-refractivity contribution is 9.10. The average molecular weight is 384 g/mol. The van der Waals surface area contributed by atoms with Crippen molar-refractivity contribution < 1.29 is 4.74 Å². The van der Waals surface area contributed by atoms with Crippen molar-refractivity contribution in [3.63, 3.8) is 0 Å². The van der Waals surface area contributed by atoms with Gasteiger partial charge in [0.1, 0.15) is 5.75 Å². The Hall–Kier alpha value is -1.49. The molecule has 3 aromatic rings. The van der Waals surface area contributed by atoms with E-state index in [2.05, 4.69) is 20.9 Å². The predicted octanol–water partition coefficient (Wildman–Crippen LogP) is 5.68. The molecule has 0 aliphatic heterocycles. The van der Waals surface area contributed by atoms with Gasteiger partial charge >= 0.3 is 0 Å². The van der Waals surface area contributed by atoms with Crippen LogP contribution in [0, 0.1) is 0 Å². The number of rotatable bonds is 2. The zero-order chi connectivity index (χ0) is 15.0. The van der Waals surface area contributed by atoms with E-state index in [0.29, 0.717) is 27.2 Å². The summed E-state index contributed by atoms with van der Waals surface area (Å²) >= 11 is 15.5. The lowest BCUT2D eigenvalue weighted by Crippen LogP contribution is -1.95. The molecule has 0 spiro atoms. The maximum absolute atomic E-state index is 6.14. The molecule has 1 heterocycles. The maximum atomic E-state index is 6.14. The Morgan fingerprint density at radius 2 is 1.90 bits per heavy atom. The van der Waals surface area contributed by atoms with Gasteiger partial charge < -0.3 is 10.5 Å². The first kappa shape index (κ1) is 14.4. The first-order valence-corrected chi connectivity index (χ1v) is 7.56. The monoisotopic (exact) mass is 382 g/mol. The van der Waals surface area contributed by atoms with Crippen LogP contribution in [0.5, 0.6) is 11.5 Å². The molecule has 6 heteroatoms. The van der Waals surface area contributed by atoms with E-state index < -0.39 is 0 Å². The number of benzene rings is 2. The lowest BCUT2D eigenvalue weighted by Gasteiger charge is -2.12. The fourth-order valence-electron chi connectivity index (χ4n) is 1.94. The Bertz CT molecular complexity index is 834. The number of fused-ring (bicyclic) bond motifs is 1. The van der Waals surface area contributed by atoms with Gasteiger partial charge in [0.05, 0.1) is 22.4 Å². The molecule has 0 saturated carbocycles. The smallest absolute Gasteiger partial charge is 0.161 e. The van der Waals surface area contributed by atoms with Crippen LogP contribution in [0.25, 0.3) is 10.9 Å². The molecule has 0 aliphatic rings. The summed E-state index contributed by atoms with van der Waals surface area (Å²) in [6, 6.07) is 10.7. The van der Waals surface area contributed by atoms with Crippen LogP contribution in [0.3, 0.4) is 0 Å². The second kappa shape index (κ2) is 5.72. The van der Waals surface area contributed by atoms with E-state index in [1.807, 2.05) is 18.2 Å². The molecule has 0 radical (unpaired) electrons. The standard InChI is InChI=1S/C15H9BrCl2N2O/c16-8-1-3-13-10(5-8)15(12(19)7-20-13)21-14-4-2-9(17)6-11(14)18/h1-7H,19H2. The second-order valence-electron chi connectivity index (χ2n) is 4.38. The van der Waals surface area contributed by atoms with Crippen LogP contribution in [0.1, 0.15) is 0 Å². The third-order valence-corrected chi connectivity index (χ3v) is 3.94. The average Bonchev–Trinajstić information content (AvgIpc) is 2.44. The number of nitrogens with two attached hydrogens (primary N) is 1. The van der Waals surface area contributed by atoms with Crippen molar-refractivity contribution in [3.05, 3.63) is 57.1 Å². The summed E-state index contributed by atoms with van der Waals surface area (Å²) in [5.41, 5.74) is 7.21. The normalized spacial score (nSPS) is 10.8. The van der Waals surface area contributed by atoms with Gasteiger partial charge in [-0.1, -0.05) is 39.1 Å². The van der Waals surface area contributed by atoms with E-state index in [4.69, 9.17) is 33.7 Å². The van der Waals surface area contributed by atoms with Crippen molar-refractivity contribution in [2.24, 2.45) is 0 Å². The van der Waals surface area contributed by atoms with E-state index in [9.17, 15) is 0 Å². The number of halogens is 3. The van der Waals surface area contributed by atoms with E-state index >= 15 is 0 Å². The highest BCUT2D eigenvalue weighted by atomic mass is 79.9. The molecule has 2 aromatic carbocycles. The molecule has 0 atom stereocenters. The molecule has 3 nitrogen and oxygen atoms in total. The Morgan fingerprint density at radius 3 is 2.67 bits per heavy atom. The van der Waals surface area contributed by atoms with Gasteiger partial charge in [0.2, 0.25) is 0 Å². The summed E-state index contributed by atoms with van der Waals surface area (Å²) in [7, 11) is 0. The van der Waals surface area contributed by atoms with E-state index in [1.54, 1.807) is 24.4 Å². The Kier molecular flexibility index (Phi) is 3.93. The number of pyridine rings is 1. The number of hydrogen-bond acceptors (Lipinski definition) is 3. The highest BCUT2D eigenvalue weighted by Crippen LogP contribution is 2.38. The molecule has 21 heavy (non-hydrogen) atoms. The van der Waals surface area contributed by atoms with Gasteiger partial charge in [0.25, 0.3) is 0 Å². The SMILES string of the molecule is Nc1cnc2ccc(Br)cc2c1Oc1ccc(Cl)cc1Cl. The van der Waals surface area contributed by atoms with Gasteiger partial charge in [0, 0.05) is 14.9 Å². The largest absolute Gasteiger partial charge is 0.453 e. The fraction of sp³-hybridized carbons (Fsp3) is 0. The number of nitrogen functional groups attached to an aromatic ring is 1. The molecule has 2 N–H and O–H groups in total. The molecule has 0 bridgehead atoms. The van der Waals surface area contributed by atoms with Crippen LogP contribution < -0.4 is 10.5 Å². The van der Waals surface area contributed by atoms with Crippen molar-refractivity contribution in [2.45, 2.75) is 0 Å². The summed E-state index contributed by atoms with van der Waals surface area (Å²) in [6.45, 7) is 0. The van der Waals surface area contributed by atoms with Crippen molar-refractivity contribution in [1.82, 2.24) is 4.98 Å². The van der Waals surface area contributed by atoms with Crippen LogP contribution in [0.2, 0.25) is 10.0 Å². The fourth-order valence-corrected chi connectivity index (χ4v) is 2.75. The topological polar surface area (TPSA) is 48.1 Å². The zero-order valence-corrected chi connectivity index (χ0v) is 13.7. The quantitative estimate of drug-likeness (QED) is 0.619. The van der Waals surface area contributed by atoms with E-state index in [0.717, 1.165) is 15.4 Å². The molecule has 0 amide bonds. The lowest BCUT2D eigenvalue weighted by atomic mass is 10.2. The van der Waals surface area contributed by atoms with Crippen LogP contribution in [-0.2, 0) is 0 Å². The molecular weight excluding hydrogens is 375 g/mol. The van der Waals surface area contributed by atoms with Crippen LogP contribution in [0.4, 0.5) is 5.69 Å². The molecule has 0 aliphatic carbocycles. The van der Waals surface area contributed by atoms with Crippen LogP contribution >= 0.6 is 39.1 Å². The Morgan fingerprint density at radius 1 is 1.10 bits per heavy atom. The Balaban J connectivity index is 2.15. The third kappa shape index (κ3) is 2.93. The number of nitrogens with zero attached hydrogens (tertiary/aromatic N) is 1. The number of ether oxygens (including phenoxy) is 1. The third-order valence-electron chi connectivity index (χ3n) is 2.91. The Labute approximate surface area is 139 Å². The number of anilines is 1. The van der Waals surface area contributed by atoms with Gasteiger partial charge in [-0.15, -0.1) is 0 Å². The number of hydrogen-bond donors (Lipinski definition) is 1. The summed E-state index contributed by atoms with van der Waals surface area (Å²) < 4.78 is 6.80. The summed E-state index contributed by atoms with van der Waals surface area (Å²) in [5, 5.41) is 1.76. The molecule has 1 aromatic heterocycles. The molecule has 0 unspecified atom stereocenters.